The van der Waals surface area contributed by atoms with Gasteiger partial charge in [0.15, 0.2) is 5.82 Å². The lowest BCUT2D eigenvalue weighted by molar-refractivity contribution is -0.0221. The fourth-order valence-corrected chi connectivity index (χ4v) is 3.50. The average Bonchev–Trinajstić information content (AvgIpc) is 2.72. The van der Waals surface area contributed by atoms with Gasteiger partial charge >= 0.3 is 0 Å². The number of piperidine rings is 1. The topological polar surface area (TPSA) is 78.3 Å². The van der Waals surface area contributed by atoms with Crippen molar-refractivity contribution >= 4 is 34.2 Å². The van der Waals surface area contributed by atoms with Gasteiger partial charge < -0.3 is 4.90 Å². The van der Waals surface area contributed by atoms with Crippen LogP contribution in [0.3, 0.4) is 0 Å². The molecule has 4 rings (SSSR count). The Balaban J connectivity index is 1.78. The maximum absolute atomic E-state index is 13.6. The Morgan fingerprint density at radius 2 is 1.79 bits per heavy atom. The summed E-state index contributed by atoms with van der Waals surface area (Å²) >= 11 is 6.12. The number of aromatic nitrogens is 2. The number of halogens is 3. The molecule has 1 aromatic heterocycles. The molecule has 6 nitrogen and oxygen atoms in total. The lowest BCUT2D eigenvalue weighted by atomic mass is 10.1. The van der Waals surface area contributed by atoms with Gasteiger partial charge in [-0.3, -0.25) is 10.0 Å². The van der Waals surface area contributed by atoms with Gasteiger partial charge in [-0.1, -0.05) is 23.7 Å². The van der Waals surface area contributed by atoms with E-state index >= 15 is 0 Å². The van der Waals surface area contributed by atoms with E-state index in [2.05, 4.69) is 9.97 Å². The normalized spacial score (nSPS) is 16.1. The van der Waals surface area contributed by atoms with Crippen LogP contribution in [0.25, 0.3) is 22.3 Å². The number of anilines is 1. The van der Waals surface area contributed by atoms with Crippen LogP contribution in [0.4, 0.5) is 14.6 Å². The minimum atomic E-state index is -2.66. The zero-order chi connectivity index (χ0) is 20.6. The lowest BCUT2D eigenvalue weighted by Gasteiger charge is -2.33. The Bertz CT molecular complexity index is 1070. The zero-order valence-electron chi connectivity index (χ0n) is 15.2. The summed E-state index contributed by atoms with van der Waals surface area (Å²) in [5.41, 5.74) is 3.10. The summed E-state index contributed by atoms with van der Waals surface area (Å²) in [4.78, 5) is 22.6. The van der Waals surface area contributed by atoms with E-state index in [-0.39, 0.29) is 31.5 Å². The maximum Gasteiger partial charge on any atom is 0.274 e. The first-order valence-electron chi connectivity index (χ1n) is 9.01. The first-order chi connectivity index (χ1) is 13.9. The van der Waals surface area contributed by atoms with Gasteiger partial charge in [0.1, 0.15) is 5.82 Å². The van der Waals surface area contributed by atoms with Gasteiger partial charge in [-0.05, 0) is 30.3 Å². The third-order valence-electron chi connectivity index (χ3n) is 4.94. The molecule has 2 aromatic carbocycles. The van der Waals surface area contributed by atoms with Crippen molar-refractivity contribution in [2.45, 2.75) is 18.8 Å². The lowest BCUT2D eigenvalue weighted by Crippen LogP contribution is -2.39. The first kappa shape index (κ1) is 19.5. The van der Waals surface area contributed by atoms with Crippen molar-refractivity contribution in [1.82, 2.24) is 15.4 Å². The molecule has 0 spiro atoms. The van der Waals surface area contributed by atoms with Gasteiger partial charge in [-0.15, -0.1) is 0 Å². The number of nitrogens with zero attached hydrogens (tertiary/aromatic N) is 3. The summed E-state index contributed by atoms with van der Waals surface area (Å²) in [5, 5.41) is 9.98. The molecule has 1 amide bonds. The second-order valence-electron chi connectivity index (χ2n) is 6.89. The average molecular weight is 419 g/mol. The predicted molar refractivity (Wildman–Crippen MR) is 106 cm³/mol. The molecule has 2 heterocycles. The fourth-order valence-electron chi connectivity index (χ4n) is 3.34. The minimum Gasteiger partial charge on any atom is -0.356 e. The van der Waals surface area contributed by atoms with E-state index in [4.69, 9.17) is 16.8 Å². The van der Waals surface area contributed by atoms with Crippen LogP contribution in [-0.4, -0.2) is 40.1 Å². The van der Waals surface area contributed by atoms with Gasteiger partial charge in [0.25, 0.3) is 11.8 Å². The molecule has 150 valence electrons. The molecular weight excluding hydrogens is 402 g/mol. The van der Waals surface area contributed by atoms with Crippen LogP contribution in [0.2, 0.25) is 5.02 Å². The molecule has 29 heavy (non-hydrogen) atoms. The number of hydrogen-bond donors (Lipinski definition) is 2. The Hall–Kier alpha value is -2.84. The number of rotatable bonds is 3. The van der Waals surface area contributed by atoms with Gasteiger partial charge in [0.05, 0.1) is 5.52 Å². The molecule has 0 aliphatic carbocycles. The second kappa shape index (κ2) is 7.53. The predicted octanol–water partition coefficient (Wildman–Crippen LogP) is 4.30. The van der Waals surface area contributed by atoms with E-state index in [9.17, 15) is 13.6 Å². The standard InChI is InChI=1S/C20H17ClF2N4O2/c21-14-5-6-15-16(11-14)24-17(12-1-3-13(4-2-12)19(28)26-29)25-18(15)27-9-7-20(22,23)8-10-27/h1-6,11,29H,7-10H2,(H,26,28). The van der Waals surface area contributed by atoms with E-state index in [1.54, 1.807) is 35.8 Å². The number of benzene rings is 2. The Morgan fingerprint density at radius 3 is 2.45 bits per heavy atom. The largest absolute Gasteiger partial charge is 0.356 e. The van der Waals surface area contributed by atoms with Crippen molar-refractivity contribution in [3.05, 3.63) is 53.1 Å². The SMILES string of the molecule is O=C(NO)c1ccc(-c2nc(N3CCC(F)(F)CC3)c3ccc(Cl)cc3n2)cc1. The number of carbonyl (C=O) groups is 1. The van der Waals surface area contributed by atoms with Crippen LogP contribution >= 0.6 is 11.6 Å². The highest BCUT2D eigenvalue weighted by Crippen LogP contribution is 2.34. The van der Waals surface area contributed by atoms with Gasteiger partial charge in [0.2, 0.25) is 0 Å². The Morgan fingerprint density at radius 1 is 1.10 bits per heavy atom. The molecule has 0 radical (unpaired) electrons. The van der Waals surface area contributed by atoms with E-state index in [0.29, 0.717) is 27.7 Å². The summed E-state index contributed by atoms with van der Waals surface area (Å²) in [5.74, 6) is -2.32. The number of alkyl halides is 2. The number of hydroxylamine groups is 1. The quantitative estimate of drug-likeness (QED) is 0.489. The monoisotopic (exact) mass is 418 g/mol. The van der Waals surface area contributed by atoms with Crippen LogP contribution in [0, 0.1) is 0 Å². The molecule has 0 atom stereocenters. The third kappa shape index (κ3) is 3.99. The van der Waals surface area contributed by atoms with Gasteiger partial charge in [0, 0.05) is 47.5 Å². The molecule has 1 fully saturated rings. The van der Waals surface area contributed by atoms with Crippen LogP contribution in [0.5, 0.6) is 0 Å². The van der Waals surface area contributed by atoms with Crippen molar-refractivity contribution < 1.29 is 18.8 Å². The zero-order valence-corrected chi connectivity index (χ0v) is 16.0. The van der Waals surface area contributed by atoms with Crippen LogP contribution < -0.4 is 10.4 Å². The van der Waals surface area contributed by atoms with Gasteiger partial charge in [-0.2, -0.15) is 0 Å². The van der Waals surface area contributed by atoms with Crippen molar-refractivity contribution in [1.29, 1.82) is 0 Å². The third-order valence-corrected chi connectivity index (χ3v) is 5.18. The highest BCUT2D eigenvalue weighted by molar-refractivity contribution is 6.31. The number of fused-ring (bicyclic) bond motifs is 1. The minimum absolute atomic E-state index is 0.191. The summed E-state index contributed by atoms with van der Waals surface area (Å²) in [7, 11) is 0. The second-order valence-corrected chi connectivity index (χ2v) is 7.33. The van der Waals surface area contributed by atoms with Gasteiger partial charge in [-0.25, -0.2) is 24.2 Å². The molecule has 0 saturated carbocycles. The number of carbonyl (C=O) groups excluding carboxylic acids is 1. The smallest absolute Gasteiger partial charge is 0.274 e. The van der Waals surface area contributed by atoms with Crippen molar-refractivity contribution in [2.75, 3.05) is 18.0 Å². The Labute approximate surface area is 170 Å². The highest BCUT2D eigenvalue weighted by Gasteiger charge is 2.35. The molecule has 0 unspecified atom stereocenters. The van der Waals surface area contributed by atoms with Crippen LogP contribution in [-0.2, 0) is 0 Å². The van der Waals surface area contributed by atoms with E-state index in [0.717, 1.165) is 5.39 Å². The van der Waals surface area contributed by atoms with Crippen LogP contribution in [0.1, 0.15) is 23.2 Å². The molecule has 9 heteroatoms. The molecular formula is C20H17ClF2N4O2. The van der Waals surface area contributed by atoms with Crippen molar-refractivity contribution in [2.24, 2.45) is 0 Å². The van der Waals surface area contributed by atoms with E-state index in [1.165, 1.54) is 12.1 Å². The van der Waals surface area contributed by atoms with E-state index < -0.39 is 11.8 Å². The van der Waals surface area contributed by atoms with Crippen LogP contribution in [0.15, 0.2) is 42.5 Å². The molecule has 1 saturated heterocycles. The molecule has 0 bridgehead atoms. The summed E-state index contributed by atoms with van der Waals surface area (Å²) < 4.78 is 27.2. The summed E-state index contributed by atoms with van der Waals surface area (Å²) in [6.07, 6.45) is -0.460. The number of nitrogens with one attached hydrogen (secondary N) is 1. The fraction of sp³-hybridized carbons (Fsp3) is 0.250. The Kier molecular flexibility index (Phi) is 5.06. The highest BCUT2D eigenvalue weighted by atomic mass is 35.5. The summed E-state index contributed by atoms with van der Waals surface area (Å²) in [6.45, 7) is 0.383. The van der Waals surface area contributed by atoms with E-state index in [1.807, 2.05) is 4.90 Å². The first-order valence-corrected chi connectivity index (χ1v) is 9.39. The molecule has 1 aliphatic rings. The molecule has 3 aromatic rings. The number of hydrogen-bond acceptors (Lipinski definition) is 5. The van der Waals surface area contributed by atoms with Crippen molar-refractivity contribution in [3.8, 4) is 11.4 Å². The molecule has 1 aliphatic heterocycles. The maximum atomic E-state index is 13.6. The number of amides is 1. The summed E-state index contributed by atoms with van der Waals surface area (Å²) in [6, 6.07) is 11.6. The van der Waals surface area contributed by atoms with Crippen molar-refractivity contribution in [3.63, 3.8) is 0 Å². The molecule has 2 N–H and O–H groups in total.